The molecule has 0 saturated carbocycles. The van der Waals surface area contributed by atoms with E-state index in [1.165, 1.54) is 24.0 Å². The molecule has 0 radical (unpaired) electrons. The molecule has 2 amide bonds. The normalized spacial score (nSPS) is 18.0. The lowest BCUT2D eigenvalue weighted by atomic mass is 9.90. The van der Waals surface area contributed by atoms with Gasteiger partial charge in [0, 0.05) is 44.5 Å². The SMILES string of the molecule is O=C(Nc1cccc2c1CCCC2)N1CCN(Cc2ccon2)CC1. The first-order valence-corrected chi connectivity index (χ1v) is 9.08. The van der Waals surface area contributed by atoms with Crippen LogP contribution in [-0.2, 0) is 19.4 Å². The summed E-state index contributed by atoms with van der Waals surface area (Å²) in [5.41, 5.74) is 4.65. The summed E-state index contributed by atoms with van der Waals surface area (Å²) >= 11 is 0. The molecule has 1 N–H and O–H groups in total. The molecule has 132 valence electrons. The summed E-state index contributed by atoms with van der Waals surface area (Å²) in [6, 6.07) is 8.17. The Balaban J connectivity index is 1.34. The molecule has 0 atom stereocenters. The summed E-state index contributed by atoms with van der Waals surface area (Å²) in [7, 11) is 0. The molecule has 2 heterocycles. The number of aromatic nitrogens is 1. The fourth-order valence-corrected chi connectivity index (χ4v) is 3.75. The van der Waals surface area contributed by atoms with E-state index in [0.717, 1.165) is 56.9 Å². The van der Waals surface area contributed by atoms with Crippen molar-refractivity contribution in [1.29, 1.82) is 0 Å². The smallest absolute Gasteiger partial charge is 0.321 e. The number of carbonyl (C=O) groups is 1. The molecule has 2 aromatic rings. The van der Waals surface area contributed by atoms with Crippen molar-refractivity contribution in [2.75, 3.05) is 31.5 Å². The molecule has 0 bridgehead atoms. The van der Waals surface area contributed by atoms with Crippen molar-refractivity contribution in [3.63, 3.8) is 0 Å². The lowest BCUT2D eigenvalue weighted by molar-refractivity contribution is 0.141. The Morgan fingerprint density at radius 2 is 1.96 bits per heavy atom. The number of rotatable bonds is 3. The molecule has 1 aromatic carbocycles. The van der Waals surface area contributed by atoms with E-state index >= 15 is 0 Å². The number of carbonyl (C=O) groups excluding carboxylic acids is 1. The highest BCUT2D eigenvalue weighted by Gasteiger charge is 2.23. The monoisotopic (exact) mass is 340 g/mol. The maximum Gasteiger partial charge on any atom is 0.321 e. The number of hydrogen-bond acceptors (Lipinski definition) is 4. The Kier molecular flexibility index (Phi) is 4.70. The summed E-state index contributed by atoms with van der Waals surface area (Å²) in [6.45, 7) is 3.95. The zero-order valence-corrected chi connectivity index (χ0v) is 14.4. The van der Waals surface area contributed by atoms with Crippen molar-refractivity contribution in [2.45, 2.75) is 32.2 Å². The number of hydrogen-bond donors (Lipinski definition) is 1. The van der Waals surface area contributed by atoms with E-state index in [2.05, 4.69) is 27.5 Å². The van der Waals surface area contributed by atoms with Crippen LogP contribution in [0.25, 0.3) is 0 Å². The highest BCUT2D eigenvalue weighted by Crippen LogP contribution is 2.28. The van der Waals surface area contributed by atoms with Crippen molar-refractivity contribution in [3.8, 4) is 0 Å². The van der Waals surface area contributed by atoms with E-state index in [4.69, 9.17) is 4.52 Å². The van der Waals surface area contributed by atoms with Gasteiger partial charge in [-0.15, -0.1) is 0 Å². The predicted molar refractivity (Wildman–Crippen MR) is 95.5 cm³/mol. The van der Waals surface area contributed by atoms with Gasteiger partial charge in [-0.3, -0.25) is 4.90 Å². The Bertz CT molecular complexity index is 721. The van der Waals surface area contributed by atoms with Gasteiger partial charge in [0.15, 0.2) is 0 Å². The van der Waals surface area contributed by atoms with Crippen LogP contribution in [0.5, 0.6) is 0 Å². The van der Waals surface area contributed by atoms with Gasteiger partial charge in [-0.05, 0) is 42.9 Å². The molecule has 1 aliphatic heterocycles. The molecule has 1 aliphatic carbocycles. The highest BCUT2D eigenvalue weighted by molar-refractivity contribution is 5.90. The predicted octanol–water partition coefficient (Wildman–Crippen LogP) is 2.90. The number of anilines is 1. The number of fused-ring (bicyclic) bond motifs is 1. The second-order valence-corrected chi connectivity index (χ2v) is 6.83. The van der Waals surface area contributed by atoms with Crippen molar-refractivity contribution in [3.05, 3.63) is 47.3 Å². The number of piperazine rings is 1. The fourth-order valence-electron chi connectivity index (χ4n) is 3.75. The number of aryl methyl sites for hydroxylation is 1. The first-order chi connectivity index (χ1) is 12.3. The van der Waals surface area contributed by atoms with E-state index in [1.54, 1.807) is 6.26 Å². The van der Waals surface area contributed by atoms with Gasteiger partial charge in [0.1, 0.15) is 6.26 Å². The van der Waals surface area contributed by atoms with Crippen LogP contribution < -0.4 is 5.32 Å². The molecular formula is C19H24N4O2. The van der Waals surface area contributed by atoms with Crippen LogP contribution in [0.4, 0.5) is 10.5 Å². The minimum absolute atomic E-state index is 0.0139. The Morgan fingerprint density at radius 1 is 1.12 bits per heavy atom. The van der Waals surface area contributed by atoms with E-state index in [1.807, 2.05) is 17.0 Å². The van der Waals surface area contributed by atoms with Gasteiger partial charge >= 0.3 is 6.03 Å². The maximum absolute atomic E-state index is 12.6. The second-order valence-electron chi connectivity index (χ2n) is 6.83. The molecule has 4 rings (SSSR count). The van der Waals surface area contributed by atoms with Gasteiger partial charge in [-0.25, -0.2) is 4.79 Å². The van der Waals surface area contributed by atoms with E-state index in [-0.39, 0.29) is 6.03 Å². The van der Waals surface area contributed by atoms with Crippen molar-refractivity contribution in [2.24, 2.45) is 0 Å². The highest BCUT2D eigenvalue weighted by atomic mass is 16.5. The molecular weight excluding hydrogens is 316 g/mol. The van der Waals surface area contributed by atoms with Crippen LogP contribution in [0.1, 0.15) is 29.7 Å². The maximum atomic E-state index is 12.6. The zero-order valence-electron chi connectivity index (χ0n) is 14.4. The first kappa shape index (κ1) is 16.1. The lowest BCUT2D eigenvalue weighted by Gasteiger charge is -2.34. The minimum Gasteiger partial charge on any atom is -0.364 e. The molecule has 6 nitrogen and oxygen atoms in total. The fraction of sp³-hybridized carbons (Fsp3) is 0.474. The Labute approximate surface area is 147 Å². The Morgan fingerprint density at radius 3 is 2.76 bits per heavy atom. The lowest BCUT2D eigenvalue weighted by Crippen LogP contribution is -2.49. The molecule has 25 heavy (non-hydrogen) atoms. The molecule has 6 heteroatoms. The van der Waals surface area contributed by atoms with Gasteiger partial charge < -0.3 is 14.7 Å². The third-order valence-electron chi connectivity index (χ3n) is 5.17. The number of nitrogens with one attached hydrogen (secondary N) is 1. The largest absolute Gasteiger partial charge is 0.364 e. The quantitative estimate of drug-likeness (QED) is 0.933. The van der Waals surface area contributed by atoms with Gasteiger partial charge in [0.25, 0.3) is 0 Å². The molecule has 0 spiro atoms. The third-order valence-corrected chi connectivity index (χ3v) is 5.17. The van der Waals surface area contributed by atoms with Gasteiger partial charge in [0.2, 0.25) is 0 Å². The van der Waals surface area contributed by atoms with Gasteiger partial charge in [0.05, 0.1) is 5.69 Å². The molecule has 1 fully saturated rings. The third kappa shape index (κ3) is 3.69. The number of nitrogens with zero attached hydrogens (tertiary/aromatic N) is 3. The summed E-state index contributed by atoms with van der Waals surface area (Å²) in [5.74, 6) is 0. The number of urea groups is 1. The van der Waals surface area contributed by atoms with Crippen LogP contribution in [0, 0.1) is 0 Å². The zero-order chi connectivity index (χ0) is 17.1. The van der Waals surface area contributed by atoms with E-state index < -0.39 is 0 Å². The average Bonchev–Trinajstić information content (AvgIpc) is 3.16. The molecule has 0 unspecified atom stereocenters. The molecule has 1 aromatic heterocycles. The summed E-state index contributed by atoms with van der Waals surface area (Å²) in [6.07, 6.45) is 6.25. The van der Waals surface area contributed by atoms with Crippen molar-refractivity contribution in [1.82, 2.24) is 15.0 Å². The van der Waals surface area contributed by atoms with E-state index in [9.17, 15) is 4.79 Å². The summed E-state index contributed by atoms with van der Waals surface area (Å²) in [5, 5.41) is 7.09. The average molecular weight is 340 g/mol. The minimum atomic E-state index is 0.0139. The van der Waals surface area contributed by atoms with Gasteiger partial charge in [-0.1, -0.05) is 17.3 Å². The van der Waals surface area contributed by atoms with Crippen LogP contribution in [0.2, 0.25) is 0 Å². The van der Waals surface area contributed by atoms with Crippen LogP contribution in [0.3, 0.4) is 0 Å². The summed E-state index contributed by atoms with van der Waals surface area (Å²) < 4.78 is 4.88. The Hall–Kier alpha value is -2.34. The van der Waals surface area contributed by atoms with Crippen LogP contribution >= 0.6 is 0 Å². The van der Waals surface area contributed by atoms with Crippen LogP contribution in [-0.4, -0.2) is 47.2 Å². The second kappa shape index (κ2) is 7.27. The van der Waals surface area contributed by atoms with Crippen LogP contribution in [0.15, 0.2) is 35.1 Å². The molecule has 1 saturated heterocycles. The van der Waals surface area contributed by atoms with E-state index in [0.29, 0.717) is 0 Å². The first-order valence-electron chi connectivity index (χ1n) is 9.08. The molecule has 2 aliphatic rings. The van der Waals surface area contributed by atoms with Crippen molar-refractivity contribution >= 4 is 11.7 Å². The van der Waals surface area contributed by atoms with Gasteiger partial charge in [-0.2, -0.15) is 0 Å². The topological polar surface area (TPSA) is 61.6 Å². The summed E-state index contributed by atoms with van der Waals surface area (Å²) in [4.78, 5) is 16.8. The standard InChI is InChI=1S/C19H24N4O2/c24-19(20-18-7-3-5-15-4-1-2-6-17(15)18)23-11-9-22(10-12-23)14-16-8-13-25-21-16/h3,5,7-8,13H,1-2,4,6,9-12,14H2,(H,20,24). The van der Waals surface area contributed by atoms with Crippen molar-refractivity contribution < 1.29 is 9.32 Å². The number of benzene rings is 1. The number of amides is 2.